The van der Waals surface area contributed by atoms with Crippen LogP contribution in [0.2, 0.25) is 0 Å². The summed E-state index contributed by atoms with van der Waals surface area (Å²) in [6.45, 7) is 0.824. The highest BCUT2D eigenvalue weighted by Gasteiger charge is 2.39. The van der Waals surface area contributed by atoms with Crippen molar-refractivity contribution in [1.29, 1.82) is 0 Å². The van der Waals surface area contributed by atoms with Crippen LogP contribution in [0.3, 0.4) is 0 Å². The molecule has 2 aliphatic rings. The smallest absolute Gasteiger partial charge is 0.211 e. The monoisotopic (exact) mass is 347 g/mol. The van der Waals surface area contributed by atoms with E-state index in [2.05, 4.69) is 21.7 Å². The molecule has 3 heterocycles. The first-order valence-corrected chi connectivity index (χ1v) is 10.1. The maximum absolute atomic E-state index is 11.9. The van der Waals surface area contributed by atoms with Crippen molar-refractivity contribution in [2.45, 2.75) is 25.0 Å². The van der Waals surface area contributed by atoms with Gasteiger partial charge in [0, 0.05) is 24.6 Å². The number of hydrogen-bond donors (Lipinski definition) is 1. The van der Waals surface area contributed by atoms with Crippen molar-refractivity contribution < 1.29 is 13.5 Å². The molecule has 3 atom stereocenters. The minimum Gasteiger partial charge on any atom is -0.393 e. The number of sulfonamides is 1. The Hall–Kier alpha value is -1.70. The average molecular weight is 347 g/mol. The van der Waals surface area contributed by atoms with Crippen molar-refractivity contribution >= 4 is 10.0 Å². The third kappa shape index (κ3) is 2.47. The van der Waals surface area contributed by atoms with Gasteiger partial charge in [-0.3, -0.25) is 0 Å². The summed E-state index contributed by atoms with van der Waals surface area (Å²) < 4.78 is 27.3. The second-order valence-corrected chi connectivity index (χ2v) is 8.67. The maximum Gasteiger partial charge on any atom is 0.211 e. The van der Waals surface area contributed by atoms with E-state index in [0.717, 1.165) is 11.3 Å². The van der Waals surface area contributed by atoms with Crippen LogP contribution >= 0.6 is 0 Å². The summed E-state index contributed by atoms with van der Waals surface area (Å²) in [5.41, 5.74) is 3.40. The molecule has 6 nitrogen and oxygen atoms in total. The normalized spacial score (nSPS) is 27.5. The summed E-state index contributed by atoms with van der Waals surface area (Å²) in [6.07, 6.45) is 5.45. The third-order valence-corrected chi connectivity index (χ3v) is 6.58. The minimum absolute atomic E-state index is 0.00760. The van der Waals surface area contributed by atoms with Crippen LogP contribution in [0.4, 0.5) is 0 Å². The van der Waals surface area contributed by atoms with E-state index in [9.17, 15) is 13.5 Å². The SMILES string of the molecule is CS(=O)(=O)N1CC[C@H]([C@H]2c3ccccc3-c3cncn32)[C@@H](O)CC1. The van der Waals surface area contributed by atoms with Gasteiger partial charge < -0.3 is 9.67 Å². The van der Waals surface area contributed by atoms with E-state index >= 15 is 0 Å². The Balaban J connectivity index is 1.71. The largest absolute Gasteiger partial charge is 0.393 e. The van der Waals surface area contributed by atoms with Crippen LogP contribution in [0.5, 0.6) is 0 Å². The zero-order valence-electron chi connectivity index (χ0n) is 13.5. The Kier molecular flexibility index (Phi) is 3.74. The van der Waals surface area contributed by atoms with Crippen molar-refractivity contribution in [2.75, 3.05) is 19.3 Å². The lowest BCUT2D eigenvalue weighted by Crippen LogP contribution is -2.31. The number of aromatic nitrogens is 2. The van der Waals surface area contributed by atoms with Crippen LogP contribution in [0.25, 0.3) is 11.3 Å². The van der Waals surface area contributed by atoms with Gasteiger partial charge in [0.2, 0.25) is 10.0 Å². The summed E-state index contributed by atoms with van der Waals surface area (Å²) in [5, 5.41) is 10.7. The van der Waals surface area contributed by atoms with Gasteiger partial charge in [-0.2, -0.15) is 0 Å². The zero-order chi connectivity index (χ0) is 16.9. The molecule has 1 fully saturated rings. The molecule has 0 unspecified atom stereocenters. The quantitative estimate of drug-likeness (QED) is 0.893. The molecule has 1 aromatic carbocycles. The van der Waals surface area contributed by atoms with Crippen molar-refractivity contribution in [3.05, 3.63) is 42.4 Å². The molecule has 0 bridgehead atoms. The van der Waals surface area contributed by atoms with E-state index in [1.54, 1.807) is 0 Å². The lowest BCUT2D eigenvalue weighted by atomic mass is 9.85. The second kappa shape index (κ2) is 5.68. The first-order chi connectivity index (χ1) is 11.5. The highest BCUT2D eigenvalue weighted by Crippen LogP contribution is 2.45. The maximum atomic E-state index is 11.9. The highest BCUT2D eigenvalue weighted by atomic mass is 32.2. The van der Waals surface area contributed by atoms with Gasteiger partial charge in [0.25, 0.3) is 0 Å². The fraction of sp³-hybridized carbons (Fsp3) is 0.471. The van der Waals surface area contributed by atoms with E-state index in [4.69, 9.17) is 0 Å². The molecule has 0 radical (unpaired) electrons. The van der Waals surface area contributed by atoms with Crippen molar-refractivity contribution in [1.82, 2.24) is 13.9 Å². The fourth-order valence-corrected chi connectivity index (χ4v) is 4.97. The number of aliphatic hydroxyl groups is 1. The van der Waals surface area contributed by atoms with E-state index in [-0.39, 0.29) is 12.0 Å². The summed E-state index contributed by atoms with van der Waals surface area (Å²) in [5.74, 6) is -0.0339. The molecule has 128 valence electrons. The van der Waals surface area contributed by atoms with E-state index in [0.29, 0.717) is 25.9 Å². The molecule has 1 N–H and O–H groups in total. The predicted molar refractivity (Wildman–Crippen MR) is 90.9 cm³/mol. The Bertz CT molecular complexity index is 861. The molecule has 0 saturated carbocycles. The lowest BCUT2D eigenvalue weighted by Gasteiger charge is -2.28. The average Bonchev–Trinajstić information content (AvgIpc) is 3.05. The van der Waals surface area contributed by atoms with E-state index < -0.39 is 16.1 Å². The van der Waals surface area contributed by atoms with Gasteiger partial charge in [0.05, 0.1) is 36.6 Å². The van der Waals surface area contributed by atoms with Gasteiger partial charge in [-0.25, -0.2) is 17.7 Å². The summed E-state index contributed by atoms with van der Waals surface area (Å²) in [6, 6.07) is 8.20. The number of benzene rings is 1. The van der Waals surface area contributed by atoms with Crippen LogP contribution in [-0.2, 0) is 10.0 Å². The van der Waals surface area contributed by atoms with Crippen molar-refractivity contribution in [3.8, 4) is 11.3 Å². The first kappa shape index (κ1) is 15.8. The predicted octanol–water partition coefficient (Wildman–Crippen LogP) is 1.49. The Morgan fingerprint density at radius 2 is 1.96 bits per heavy atom. The molecule has 0 aliphatic carbocycles. The molecule has 0 spiro atoms. The molecular formula is C17H21N3O3S. The van der Waals surface area contributed by atoms with E-state index in [1.807, 2.05) is 24.7 Å². The number of fused-ring (bicyclic) bond motifs is 3. The number of imidazole rings is 1. The van der Waals surface area contributed by atoms with Gasteiger partial charge in [-0.05, 0) is 18.4 Å². The zero-order valence-corrected chi connectivity index (χ0v) is 14.4. The van der Waals surface area contributed by atoms with Crippen LogP contribution in [0.1, 0.15) is 24.4 Å². The standard InChI is InChI=1S/C17H21N3O3S/c1-24(22,23)19-8-6-14(16(21)7-9-19)17-13-5-3-2-4-12(13)15-10-18-11-20(15)17/h2-5,10-11,14,16-17,21H,6-9H2,1H3/t14-,16-,17+/m0/s1. The van der Waals surface area contributed by atoms with Gasteiger partial charge in [-0.1, -0.05) is 24.3 Å². The molecular weight excluding hydrogens is 326 g/mol. The van der Waals surface area contributed by atoms with Gasteiger partial charge in [-0.15, -0.1) is 0 Å². The molecule has 2 aromatic rings. The molecule has 2 aliphatic heterocycles. The Morgan fingerprint density at radius 1 is 1.21 bits per heavy atom. The lowest BCUT2D eigenvalue weighted by molar-refractivity contribution is 0.0836. The summed E-state index contributed by atoms with van der Waals surface area (Å²) >= 11 is 0. The van der Waals surface area contributed by atoms with Gasteiger partial charge >= 0.3 is 0 Å². The van der Waals surface area contributed by atoms with E-state index in [1.165, 1.54) is 16.1 Å². The summed E-state index contributed by atoms with van der Waals surface area (Å²) in [4.78, 5) is 4.27. The molecule has 7 heteroatoms. The minimum atomic E-state index is -3.23. The fourth-order valence-electron chi connectivity index (χ4n) is 4.10. The third-order valence-electron chi connectivity index (χ3n) is 5.28. The molecule has 1 aromatic heterocycles. The summed E-state index contributed by atoms with van der Waals surface area (Å²) in [7, 11) is -3.23. The Labute approximate surface area is 141 Å². The highest BCUT2D eigenvalue weighted by molar-refractivity contribution is 7.88. The number of nitrogens with zero attached hydrogens (tertiary/aromatic N) is 3. The molecule has 0 amide bonds. The van der Waals surface area contributed by atoms with Crippen molar-refractivity contribution in [3.63, 3.8) is 0 Å². The van der Waals surface area contributed by atoms with Crippen molar-refractivity contribution in [2.24, 2.45) is 5.92 Å². The molecule has 4 rings (SSSR count). The van der Waals surface area contributed by atoms with Crippen LogP contribution in [-0.4, -0.2) is 52.8 Å². The number of aliphatic hydroxyl groups excluding tert-OH is 1. The Morgan fingerprint density at radius 3 is 2.75 bits per heavy atom. The second-order valence-electron chi connectivity index (χ2n) is 6.69. The van der Waals surface area contributed by atoms with Crippen LogP contribution < -0.4 is 0 Å². The van der Waals surface area contributed by atoms with Crippen LogP contribution in [0.15, 0.2) is 36.8 Å². The number of hydrogen-bond acceptors (Lipinski definition) is 4. The first-order valence-electron chi connectivity index (χ1n) is 8.21. The van der Waals surface area contributed by atoms with Gasteiger partial charge in [0.15, 0.2) is 0 Å². The number of rotatable bonds is 2. The topological polar surface area (TPSA) is 75.4 Å². The molecule has 24 heavy (non-hydrogen) atoms. The van der Waals surface area contributed by atoms with Gasteiger partial charge in [0.1, 0.15) is 0 Å². The van der Waals surface area contributed by atoms with Crippen LogP contribution in [0, 0.1) is 5.92 Å². The molecule has 1 saturated heterocycles.